The first-order valence-electron chi connectivity index (χ1n) is 20.4. The summed E-state index contributed by atoms with van der Waals surface area (Å²) < 4.78 is 9.58. The third-order valence-electron chi connectivity index (χ3n) is 11.5. The normalized spacial score (nSPS) is 17.3. The van der Waals surface area contributed by atoms with E-state index in [1.165, 1.54) is 14.2 Å². The highest BCUT2D eigenvalue weighted by Crippen LogP contribution is 2.36. The Hall–Kier alpha value is -7.10. The average molecular weight is 825 g/mol. The lowest BCUT2D eigenvalue weighted by Crippen LogP contribution is -2.51. The second-order valence-corrected chi connectivity index (χ2v) is 15.7. The van der Waals surface area contributed by atoms with Crippen molar-refractivity contribution in [2.45, 2.75) is 63.7 Å². The van der Waals surface area contributed by atoms with Crippen LogP contribution in [-0.2, 0) is 19.1 Å². The van der Waals surface area contributed by atoms with Crippen LogP contribution in [0.5, 0.6) is 0 Å². The predicted molar refractivity (Wildman–Crippen MR) is 226 cm³/mol. The molecule has 16 nitrogen and oxygen atoms in total. The number of carbonyl (C=O) groups excluding carboxylic acids is 4. The fraction of sp³-hybridized carbons (Fsp3) is 0.333. The van der Waals surface area contributed by atoms with Crippen molar-refractivity contribution in [3.05, 3.63) is 108 Å². The number of aromatic amines is 2. The van der Waals surface area contributed by atoms with Crippen molar-refractivity contribution in [1.29, 1.82) is 0 Å². The van der Waals surface area contributed by atoms with Crippen LogP contribution in [0.3, 0.4) is 0 Å². The molecule has 4 atom stereocenters. The highest BCUT2D eigenvalue weighted by Gasteiger charge is 2.39. The van der Waals surface area contributed by atoms with Gasteiger partial charge in [0.05, 0.1) is 55.8 Å². The summed E-state index contributed by atoms with van der Waals surface area (Å²) in [6.07, 6.45) is 5.30. The van der Waals surface area contributed by atoms with Gasteiger partial charge in [-0.3, -0.25) is 9.59 Å². The number of benzene rings is 3. The smallest absolute Gasteiger partial charge is 0.407 e. The molecule has 2 fully saturated rings. The molecule has 0 spiro atoms. The van der Waals surface area contributed by atoms with Gasteiger partial charge in [-0.2, -0.15) is 0 Å². The van der Waals surface area contributed by atoms with Crippen molar-refractivity contribution < 1.29 is 28.7 Å². The fourth-order valence-corrected chi connectivity index (χ4v) is 8.27. The van der Waals surface area contributed by atoms with Gasteiger partial charge in [0.25, 0.3) is 5.91 Å². The number of rotatable bonds is 11. The van der Waals surface area contributed by atoms with Gasteiger partial charge in [-0.15, -0.1) is 10.2 Å². The minimum Gasteiger partial charge on any atom is -0.453 e. The van der Waals surface area contributed by atoms with Crippen molar-refractivity contribution in [2.75, 3.05) is 27.3 Å². The molecule has 61 heavy (non-hydrogen) atoms. The zero-order chi connectivity index (χ0) is 42.6. The standard InChI is InChI=1S/C45H48N10O6/c1-26(2)38(50-44(58)60-3)42(56)54-20-8-12-36(54)40-46-24-34(48-40)31-17-15-28-22-30(16-14-29(28)23-31)32-18-19-33(53-52-32)35-25-47-41(49-35)37-13-9-21-55(37)43(57)39(51-45(59)61-4)27-10-6-5-7-11-27/h5-7,10-11,14-19,22-26,36-39H,8-9,12-13,20-21H2,1-4H3,(H,46,48)(H,47,49)(H,50,58)(H,51,59)/t36-,37-,38-,39+/m0/s1. The number of ether oxygens (including phenoxy) is 2. The number of hydrogen-bond acceptors (Lipinski definition) is 10. The number of imidazole rings is 2. The van der Waals surface area contributed by atoms with E-state index in [0.29, 0.717) is 53.8 Å². The maximum Gasteiger partial charge on any atom is 0.407 e. The van der Waals surface area contributed by atoms with Crippen LogP contribution in [0, 0.1) is 5.92 Å². The second-order valence-electron chi connectivity index (χ2n) is 15.7. The van der Waals surface area contributed by atoms with Crippen molar-refractivity contribution in [1.82, 2.24) is 50.6 Å². The van der Waals surface area contributed by atoms with Gasteiger partial charge in [-0.05, 0) is 72.2 Å². The number of fused-ring (bicyclic) bond motifs is 1. The number of nitrogens with zero attached hydrogens (tertiary/aromatic N) is 6. The Morgan fingerprint density at radius 2 is 1.23 bits per heavy atom. The van der Waals surface area contributed by atoms with Crippen LogP contribution in [0.1, 0.15) is 74.9 Å². The van der Waals surface area contributed by atoms with Crippen LogP contribution < -0.4 is 10.6 Å². The molecule has 2 aliphatic heterocycles. The molecule has 4 N–H and O–H groups in total. The van der Waals surface area contributed by atoms with Gasteiger partial charge in [0.2, 0.25) is 5.91 Å². The summed E-state index contributed by atoms with van der Waals surface area (Å²) in [5.74, 6) is 0.844. The minimum absolute atomic E-state index is 0.115. The molecular weight excluding hydrogens is 777 g/mol. The Kier molecular flexibility index (Phi) is 11.8. The molecule has 3 aromatic carbocycles. The summed E-state index contributed by atoms with van der Waals surface area (Å²) >= 11 is 0. The molecule has 0 saturated carbocycles. The zero-order valence-electron chi connectivity index (χ0n) is 34.4. The Bertz CT molecular complexity index is 2540. The molecule has 0 unspecified atom stereocenters. The van der Waals surface area contributed by atoms with E-state index in [4.69, 9.17) is 14.5 Å². The van der Waals surface area contributed by atoms with Crippen LogP contribution in [0.2, 0.25) is 0 Å². The number of hydrogen-bond donors (Lipinski definition) is 4. The Balaban J connectivity index is 0.942. The summed E-state index contributed by atoms with van der Waals surface area (Å²) in [6.45, 7) is 4.90. The highest BCUT2D eigenvalue weighted by atomic mass is 16.5. The average Bonchev–Trinajstić information content (AvgIpc) is 4.14. The lowest BCUT2D eigenvalue weighted by molar-refractivity contribution is -0.135. The first kappa shape index (κ1) is 40.7. The van der Waals surface area contributed by atoms with Crippen molar-refractivity contribution in [3.8, 4) is 33.9 Å². The molecule has 2 saturated heterocycles. The van der Waals surface area contributed by atoms with Crippen LogP contribution in [-0.4, -0.2) is 97.3 Å². The van der Waals surface area contributed by atoms with Gasteiger partial charge >= 0.3 is 12.2 Å². The van der Waals surface area contributed by atoms with Crippen molar-refractivity contribution in [3.63, 3.8) is 0 Å². The van der Waals surface area contributed by atoms with E-state index in [2.05, 4.69) is 60.0 Å². The lowest BCUT2D eigenvalue weighted by Gasteiger charge is -2.30. The molecule has 6 aromatic rings. The number of likely N-dealkylation sites (tertiary alicyclic amines) is 2. The van der Waals surface area contributed by atoms with E-state index in [0.717, 1.165) is 46.9 Å². The number of methoxy groups -OCH3 is 2. The van der Waals surface area contributed by atoms with E-state index < -0.39 is 24.3 Å². The third-order valence-corrected chi connectivity index (χ3v) is 11.5. The van der Waals surface area contributed by atoms with Crippen LogP contribution in [0.4, 0.5) is 9.59 Å². The summed E-state index contributed by atoms with van der Waals surface area (Å²) in [4.78, 5) is 71.4. The molecule has 5 heterocycles. The lowest BCUT2D eigenvalue weighted by atomic mass is 10.0. The number of carbonyl (C=O) groups is 4. The molecule has 8 rings (SSSR count). The van der Waals surface area contributed by atoms with Gasteiger partial charge in [0.1, 0.15) is 29.4 Å². The number of amides is 4. The van der Waals surface area contributed by atoms with Gasteiger partial charge in [0, 0.05) is 24.2 Å². The van der Waals surface area contributed by atoms with Crippen LogP contribution in [0.15, 0.2) is 91.3 Å². The minimum atomic E-state index is -0.902. The summed E-state index contributed by atoms with van der Waals surface area (Å²) in [5, 5.41) is 16.5. The molecule has 4 amide bonds. The summed E-state index contributed by atoms with van der Waals surface area (Å²) in [5.41, 5.74) is 5.38. The molecule has 0 bridgehead atoms. The first-order valence-corrected chi connectivity index (χ1v) is 20.4. The van der Waals surface area contributed by atoms with Crippen LogP contribution in [0.25, 0.3) is 44.7 Å². The Morgan fingerprint density at radius 3 is 1.85 bits per heavy atom. The third kappa shape index (κ3) is 8.51. The van der Waals surface area contributed by atoms with Gasteiger partial charge in [-0.1, -0.05) is 68.4 Å². The quantitative estimate of drug-likeness (QED) is 0.107. The van der Waals surface area contributed by atoms with E-state index in [9.17, 15) is 19.2 Å². The summed E-state index contributed by atoms with van der Waals surface area (Å²) in [6, 6.07) is 23.1. The van der Waals surface area contributed by atoms with Crippen molar-refractivity contribution >= 4 is 34.8 Å². The first-order chi connectivity index (χ1) is 29.6. The maximum absolute atomic E-state index is 13.9. The fourth-order valence-electron chi connectivity index (χ4n) is 8.27. The monoisotopic (exact) mass is 824 g/mol. The van der Waals surface area contributed by atoms with Gasteiger partial charge < -0.3 is 39.9 Å². The zero-order valence-corrected chi connectivity index (χ0v) is 34.4. The largest absolute Gasteiger partial charge is 0.453 e. The molecule has 0 aliphatic carbocycles. The molecule has 3 aromatic heterocycles. The van der Waals surface area contributed by atoms with Gasteiger partial charge in [0.15, 0.2) is 0 Å². The van der Waals surface area contributed by atoms with Gasteiger partial charge in [-0.25, -0.2) is 19.6 Å². The topological polar surface area (TPSA) is 200 Å². The molecule has 0 radical (unpaired) electrons. The van der Waals surface area contributed by atoms with Crippen LogP contribution >= 0.6 is 0 Å². The summed E-state index contributed by atoms with van der Waals surface area (Å²) in [7, 11) is 2.56. The molecular formula is C45H48N10O6. The molecule has 2 aliphatic rings. The molecule has 16 heteroatoms. The van der Waals surface area contributed by atoms with E-state index in [1.807, 2.05) is 56.3 Å². The molecule has 314 valence electrons. The van der Waals surface area contributed by atoms with E-state index in [-0.39, 0.29) is 29.8 Å². The van der Waals surface area contributed by atoms with E-state index >= 15 is 0 Å². The second kappa shape index (κ2) is 17.6. The van der Waals surface area contributed by atoms with E-state index in [1.54, 1.807) is 34.3 Å². The number of aromatic nitrogens is 6. The highest BCUT2D eigenvalue weighted by molar-refractivity contribution is 5.91. The SMILES string of the molecule is COC(=O)N[C@H](C(=O)N1CCC[C@H]1c1ncc(-c2ccc3cc(-c4ccc(-c5cnc([C@@H]6CCCN6C(=O)[C@H](NC(=O)OC)c6ccccc6)[nH]5)nn4)ccc3c2)[nH]1)C(C)C. The Morgan fingerprint density at radius 1 is 0.672 bits per heavy atom. The maximum atomic E-state index is 13.9. The Labute approximate surface area is 352 Å². The number of alkyl carbamates (subject to hydrolysis) is 2. The number of nitrogens with one attached hydrogen (secondary N) is 4. The van der Waals surface area contributed by atoms with Crippen molar-refractivity contribution in [2.24, 2.45) is 5.92 Å². The predicted octanol–water partition coefficient (Wildman–Crippen LogP) is 6.88. The number of H-pyrrole nitrogens is 2.